The van der Waals surface area contributed by atoms with Crippen molar-refractivity contribution in [2.45, 2.75) is 45.1 Å². The van der Waals surface area contributed by atoms with Gasteiger partial charge in [-0.3, -0.25) is 0 Å². The van der Waals surface area contributed by atoms with Crippen LogP contribution in [0.2, 0.25) is 0 Å². The monoisotopic (exact) mass is 208 g/mol. The van der Waals surface area contributed by atoms with Crippen LogP contribution in [0.1, 0.15) is 38.2 Å². The molecule has 0 radical (unpaired) electrons. The number of phenolic OH excluding ortho intramolecular Hbond substituents is 1. The van der Waals surface area contributed by atoms with Crippen molar-refractivity contribution in [3.8, 4) is 5.75 Å². The Morgan fingerprint density at radius 1 is 1.20 bits per heavy atom. The normalized spacial score (nSPS) is 12.7. The van der Waals surface area contributed by atoms with Gasteiger partial charge in [-0.15, -0.1) is 0 Å². The molecule has 0 saturated heterocycles. The van der Waals surface area contributed by atoms with E-state index in [0.29, 0.717) is 5.75 Å². The number of unbranched alkanes of at least 4 members (excludes halogenated alkanes) is 1. The van der Waals surface area contributed by atoms with Crippen LogP contribution in [-0.4, -0.2) is 16.3 Å². The lowest BCUT2D eigenvalue weighted by Crippen LogP contribution is -2.07. The molecule has 84 valence electrons. The Bertz CT molecular complexity index is 284. The molecule has 2 heteroatoms. The highest BCUT2D eigenvalue weighted by Crippen LogP contribution is 2.18. The van der Waals surface area contributed by atoms with Crippen molar-refractivity contribution in [2.75, 3.05) is 0 Å². The first-order valence-corrected chi connectivity index (χ1v) is 5.69. The predicted octanol–water partition coefficient (Wildman–Crippen LogP) is 2.88. The van der Waals surface area contributed by atoms with Gasteiger partial charge in [-0.25, -0.2) is 0 Å². The second-order valence-corrected chi connectivity index (χ2v) is 3.96. The van der Waals surface area contributed by atoms with Gasteiger partial charge in [0.1, 0.15) is 5.75 Å². The lowest BCUT2D eigenvalue weighted by molar-refractivity contribution is 0.152. The summed E-state index contributed by atoms with van der Waals surface area (Å²) in [7, 11) is 0. The highest BCUT2D eigenvalue weighted by atomic mass is 16.3. The fraction of sp³-hybridized carbons (Fsp3) is 0.538. The van der Waals surface area contributed by atoms with Crippen LogP contribution in [0.3, 0.4) is 0 Å². The van der Waals surface area contributed by atoms with Crippen LogP contribution < -0.4 is 0 Å². The van der Waals surface area contributed by atoms with Crippen molar-refractivity contribution in [1.29, 1.82) is 0 Å². The third-order valence-electron chi connectivity index (χ3n) is 2.63. The Kier molecular flexibility index (Phi) is 5.19. The number of aromatic hydroxyl groups is 1. The molecule has 2 N–H and O–H groups in total. The van der Waals surface area contributed by atoms with Crippen LogP contribution >= 0.6 is 0 Å². The van der Waals surface area contributed by atoms with E-state index in [1.54, 1.807) is 6.07 Å². The van der Waals surface area contributed by atoms with Gasteiger partial charge in [0.05, 0.1) is 6.10 Å². The maximum atomic E-state index is 9.65. The first-order valence-electron chi connectivity index (χ1n) is 5.69. The van der Waals surface area contributed by atoms with Crippen molar-refractivity contribution in [3.05, 3.63) is 29.8 Å². The Hall–Kier alpha value is -1.02. The summed E-state index contributed by atoms with van der Waals surface area (Å²) in [5.41, 5.74) is 0.924. The van der Waals surface area contributed by atoms with Crippen molar-refractivity contribution in [2.24, 2.45) is 0 Å². The molecule has 0 aliphatic heterocycles. The van der Waals surface area contributed by atoms with Crippen molar-refractivity contribution >= 4 is 0 Å². The Morgan fingerprint density at radius 2 is 1.93 bits per heavy atom. The average Bonchev–Trinajstić information content (AvgIpc) is 2.25. The number of para-hydroxylation sites is 1. The molecule has 0 aromatic heterocycles. The Balaban J connectivity index is 2.33. The van der Waals surface area contributed by atoms with Crippen LogP contribution in [0, 0.1) is 0 Å². The molecule has 0 saturated carbocycles. The molecule has 0 aliphatic carbocycles. The highest BCUT2D eigenvalue weighted by Gasteiger charge is 2.05. The fourth-order valence-corrected chi connectivity index (χ4v) is 1.63. The summed E-state index contributed by atoms with van der Waals surface area (Å²) >= 11 is 0. The molecule has 15 heavy (non-hydrogen) atoms. The van der Waals surface area contributed by atoms with Gasteiger partial charge in [0.25, 0.3) is 0 Å². The van der Waals surface area contributed by atoms with Crippen molar-refractivity contribution < 1.29 is 10.2 Å². The molecule has 0 amide bonds. The number of hydrogen-bond acceptors (Lipinski definition) is 2. The van der Waals surface area contributed by atoms with Crippen molar-refractivity contribution in [1.82, 2.24) is 0 Å². The summed E-state index contributed by atoms with van der Waals surface area (Å²) in [6.45, 7) is 2.12. The van der Waals surface area contributed by atoms with E-state index in [4.69, 9.17) is 0 Å². The predicted molar refractivity (Wildman–Crippen MR) is 62.0 cm³/mol. The van der Waals surface area contributed by atoms with Crippen LogP contribution in [0.25, 0.3) is 0 Å². The van der Waals surface area contributed by atoms with Crippen LogP contribution in [-0.2, 0) is 6.42 Å². The SMILES string of the molecule is CCCCC(O)CCc1ccccc1O. The van der Waals surface area contributed by atoms with E-state index in [9.17, 15) is 10.2 Å². The van der Waals surface area contributed by atoms with E-state index in [1.807, 2.05) is 18.2 Å². The standard InChI is InChI=1S/C13H20O2/c1-2-3-7-12(14)10-9-11-6-4-5-8-13(11)15/h4-6,8,12,14-15H,2-3,7,9-10H2,1H3. The van der Waals surface area contributed by atoms with Gasteiger partial charge >= 0.3 is 0 Å². The van der Waals surface area contributed by atoms with Crippen LogP contribution in [0.4, 0.5) is 0 Å². The maximum Gasteiger partial charge on any atom is 0.118 e. The van der Waals surface area contributed by atoms with Crippen molar-refractivity contribution in [3.63, 3.8) is 0 Å². The lowest BCUT2D eigenvalue weighted by atomic mass is 10.0. The summed E-state index contributed by atoms with van der Waals surface area (Å²) < 4.78 is 0. The average molecular weight is 208 g/mol. The van der Waals surface area contributed by atoms with Crippen LogP contribution in [0.5, 0.6) is 5.75 Å². The molecule has 1 atom stereocenters. The molecule has 0 bridgehead atoms. The van der Waals surface area contributed by atoms with Gasteiger partial charge in [0.15, 0.2) is 0 Å². The van der Waals surface area contributed by atoms with Gasteiger partial charge in [-0.2, -0.15) is 0 Å². The minimum atomic E-state index is -0.232. The third-order valence-corrected chi connectivity index (χ3v) is 2.63. The lowest BCUT2D eigenvalue weighted by Gasteiger charge is -2.10. The number of benzene rings is 1. The number of rotatable bonds is 6. The van der Waals surface area contributed by atoms with Gasteiger partial charge in [0.2, 0.25) is 0 Å². The van der Waals surface area contributed by atoms with Gasteiger partial charge in [-0.05, 0) is 30.9 Å². The van der Waals surface area contributed by atoms with Gasteiger partial charge in [-0.1, -0.05) is 38.0 Å². The summed E-state index contributed by atoms with van der Waals surface area (Å²) in [5, 5.41) is 19.2. The Labute approximate surface area is 91.6 Å². The number of phenols is 1. The molecule has 1 rings (SSSR count). The number of aryl methyl sites for hydroxylation is 1. The zero-order valence-corrected chi connectivity index (χ0v) is 9.32. The maximum absolute atomic E-state index is 9.65. The number of aliphatic hydroxyl groups excluding tert-OH is 1. The summed E-state index contributed by atoms with van der Waals surface area (Å²) in [6, 6.07) is 7.31. The molecule has 0 fully saturated rings. The minimum absolute atomic E-state index is 0.232. The third kappa shape index (κ3) is 4.34. The highest BCUT2D eigenvalue weighted by molar-refractivity contribution is 5.31. The van der Waals surface area contributed by atoms with Gasteiger partial charge < -0.3 is 10.2 Å². The van der Waals surface area contributed by atoms with E-state index in [-0.39, 0.29) is 6.10 Å². The molecular weight excluding hydrogens is 188 g/mol. The van der Waals surface area contributed by atoms with E-state index >= 15 is 0 Å². The zero-order chi connectivity index (χ0) is 11.1. The second-order valence-electron chi connectivity index (χ2n) is 3.96. The Morgan fingerprint density at radius 3 is 2.60 bits per heavy atom. The molecule has 0 spiro atoms. The zero-order valence-electron chi connectivity index (χ0n) is 9.32. The van der Waals surface area contributed by atoms with E-state index < -0.39 is 0 Å². The van der Waals surface area contributed by atoms with E-state index in [0.717, 1.165) is 37.7 Å². The number of aliphatic hydroxyl groups is 1. The largest absolute Gasteiger partial charge is 0.508 e. The van der Waals surface area contributed by atoms with Crippen LogP contribution in [0.15, 0.2) is 24.3 Å². The fourth-order valence-electron chi connectivity index (χ4n) is 1.63. The molecule has 1 aromatic rings. The smallest absolute Gasteiger partial charge is 0.118 e. The molecular formula is C13H20O2. The first kappa shape index (κ1) is 12.1. The first-order chi connectivity index (χ1) is 7.24. The van der Waals surface area contributed by atoms with E-state index in [2.05, 4.69) is 6.92 Å². The molecule has 0 heterocycles. The topological polar surface area (TPSA) is 40.5 Å². The van der Waals surface area contributed by atoms with Gasteiger partial charge in [0, 0.05) is 0 Å². The molecule has 1 aromatic carbocycles. The quantitative estimate of drug-likeness (QED) is 0.754. The molecule has 0 aliphatic rings. The van der Waals surface area contributed by atoms with E-state index in [1.165, 1.54) is 0 Å². The minimum Gasteiger partial charge on any atom is -0.508 e. The molecule has 2 nitrogen and oxygen atoms in total. The second kappa shape index (κ2) is 6.46. The summed E-state index contributed by atoms with van der Waals surface area (Å²) in [6.07, 6.45) is 4.30. The summed E-state index contributed by atoms with van der Waals surface area (Å²) in [5.74, 6) is 0.334. The summed E-state index contributed by atoms with van der Waals surface area (Å²) in [4.78, 5) is 0. The molecule has 1 unspecified atom stereocenters. The number of hydrogen-bond donors (Lipinski definition) is 2.